The number of halogens is 2. The number of rotatable bonds is 8. The zero-order valence-corrected chi connectivity index (χ0v) is 19.8. The fourth-order valence-electron chi connectivity index (χ4n) is 3.02. The van der Waals surface area contributed by atoms with Gasteiger partial charge in [0.2, 0.25) is 5.91 Å². The maximum Gasteiger partial charge on any atom is 0.262 e. The van der Waals surface area contributed by atoms with E-state index in [4.69, 9.17) is 27.9 Å². The van der Waals surface area contributed by atoms with E-state index in [1.807, 2.05) is 6.92 Å². The van der Waals surface area contributed by atoms with Gasteiger partial charge in [0.25, 0.3) is 5.56 Å². The number of thioether (sulfide) groups is 1. The largest absolute Gasteiger partial charge is 0.385 e. The first-order chi connectivity index (χ1) is 14.8. The van der Waals surface area contributed by atoms with E-state index in [-0.39, 0.29) is 11.5 Å². The lowest BCUT2D eigenvalue weighted by atomic mass is 10.2. The van der Waals surface area contributed by atoms with Gasteiger partial charge in [0.15, 0.2) is 5.16 Å². The fraction of sp³-hybridized carbons (Fsp3) is 0.318. The molecule has 0 radical (unpaired) electrons. The van der Waals surface area contributed by atoms with Crippen LogP contribution in [-0.2, 0) is 16.1 Å². The second-order valence-electron chi connectivity index (χ2n) is 7.02. The second kappa shape index (κ2) is 10.5. The molecule has 1 amide bonds. The SMILES string of the molecule is COCCCn1c(S[C@@H](C)C(=O)Nc2cccc(Cl)c2C)nc2cc(Cl)ccc2c1=O. The first-order valence-corrected chi connectivity index (χ1v) is 11.4. The van der Waals surface area contributed by atoms with Crippen LogP contribution in [0.15, 0.2) is 46.3 Å². The molecule has 0 aliphatic rings. The Morgan fingerprint density at radius 3 is 2.81 bits per heavy atom. The first-order valence-electron chi connectivity index (χ1n) is 9.73. The van der Waals surface area contributed by atoms with Crippen molar-refractivity contribution in [2.75, 3.05) is 19.0 Å². The maximum atomic E-state index is 13.1. The van der Waals surface area contributed by atoms with Crippen LogP contribution in [-0.4, -0.2) is 34.4 Å². The number of carbonyl (C=O) groups excluding carboxylic acids is 1. The Bertz CT molecular complexity index is 1170. The minimum atomic E-state index is -0.504. The molecule has 0 spiro atoms. The van der Waals surface area contributed by atoms with Crippen molar-refractivity contribution in [3.63, 3.8) is 0 Å². The molecule has 31 heavy (non-hydrogen) atoms. The van der Waals surface area contributed by atoms with Gasteiger partial charge in [0.1, 0.15) is 0 Å². The van der Waals surface area contributed by atoms with E-state index in [0.29, 0.717) is 51.4 Å². The van der Waals surface area contributed by atoms with Crippen LogP contribution in [0.3, 0.4) is 0 Å². The average molecular weight is 480 g/mol. The molecular weight excluding hydrogens is 457 g/mol. The molecule has 0 saturated heterocycles. The summed E-state index contributed by atoms with van der Waals surface area (Å²) >= 11 is 13.5. The van der Waals surface area contributed by atoms with Gasteiger partial charge in [-0.05, 0) is 56.2 Å². The Balaban J connectivity index is 1.90. The number of ether oxygens (including phenoxy) is 1. The summed E-state index contributed by atoms with van der Waals surface area (Å²) < 4.78 is 6.71. The van der Waals surface area contributed by atoms with Gasteiger partial charge in [-0.1, -0.05) is 41.0 Å². The van der Waals surface area contributed by atoms with Crippen molar-refractivity contribution in [3.05, 3.63) is 62.4 Å². The molecule has 9 heteroatoms. The molecule has 6 nitrogen and oxygen atoms in total. The summed E-state index contributed by atoms with van der Waals surface area (Å²) in [6.45, 7) is 4.56. The normalized spacial score (nSPS) is 12.2. The van der Waals surface area contributed by atoms with Gasteiger partial charge in [-0.25, -0.2) is 4.98 Å². The number of nitrogens with one attached hydrogen (secondary N) is 1. The number of fused-ring (bicyclic) bond motifs is 1. The van der Waals surface area contributed by atoms with Crippen molar-refractivity contribution in [2.24, 2.45) is 0 Å². The molecule has 1 aromatic heterocycles. The zero-order chi connectivity index (χ0) is 22.5. The Labute approximate surface area is 194 Å². The summed E-state index contributed by atoms with van der Waals surface area (Å²) in [4.78, 5) is 30.5. The van der Waals surface area contributed by atoms with Crippen molar-refractivity contribution < 1.29 is 9.53 Å². The number of hydrogen-bond donors (Lipinski definition) is 1. The molecule has 0 aliphatic carbocycles. The predicted octanol–water partition coefficient (Wildman–Crippen LogP) is 5.17. The molecule has 1 heterocycles. The van der Waals surface area contributed by atoms with Crippen molar-refractivity contribution >= 4 is 57.5 Å². The molecule has 1 N–H and O–H groups in total. The average Bonchev–Trinajstić information content (AvgIpc) is 2.73. The number of anilines is 1. The highest BCUT2D eigenvalue weighted by Crippen LogP contribution is 2.27. The molecule has 3 rings (SSSR count). The highest BCUT2D eigenvalue weighted by Gasteiger charge is 2.20. The van der Waals surface area contributed by atoms with Gasteiger partial charge >= 0.3 is 0 Å². The van der Waals surface area contributed by atoms with Crippen molar-refractivity contribution in [3.8, 4) is 0 Å². The Kier molecular flexibility index (Phi) is 8.00. The Morgan fingerprint density at radius 1 is 1.29 bits per heavy atom. The van der Waals surface area contributed by atoms with Crippen LogP contribution in [0.25, 0.3) is 10.9 Å². The van der Waals surface area contributed by atoms with Crippen molar-refractivity contribution in [1.29, 1.82) is 0 Å². The third-order valence-electron chi connectivity index (χ3n) is 4.79. The monoisotopic (exact) mass is 479 g/mol. The number of methoxy groups -OCH3 is 1. The van der Waals surface area contributed by atoms with Gasteiger partial charge in [-0.15, -0.1) is 0 Å². The van der Waals surface area contributed by atoms with Gasteiger partial charge in [0.05, 0.1) is 16.2 Å². The fourth-order valence-corrected chi connectivity index (χ4v) is 4.29. The highest BCUT2D eigenvalue weighted by atomic mass is 35.5. The van der Waals surface area contributed by atoms with Gasteiger partial charge in [-0.2, -0.15) is 0 Å². The molecule has 3 aromatic rings. The minimum absolute atomic E-state index is 0.168. The lowest BCUT2D eigenvalue weighted by molar-refractivity contribution is -0.115. The molecule has 164 valence electrons. The second-order valence-corrected chi connectivity index (χ2v) is 9.17. The molecule has 0 fully saturated rings. The van der Waals surface area contributed by atoms with Crippen molar-refractivity contribution in [1.82, 2.24) is 9.55 Å². The van der Waals surface area contributed by atoms with E-state index < -0.39 is 5.25 Å². The maximum absolute atomic E-state index is 13.1. The first kappa shape index (κ1) is 23.6. The van der Waals surface area contributed by atoms with Crippen molar-refractivity contribution in [2.45, 2.75) is 37.2 Å². The summed E-state index contributed by atoms with van der Waals surface area (Å²) in [5.74, 6) is -0.209. The van der Waals surface area contributed by atoms with E-state index in [0.717, 1.165) is 5.56 Å². The molecule has 1 atom stereocenters. The highest BCUT2D eigenvalue weighted by molar-refractivity contribution is 8.00. The van der Waals surface area contributed by atoms with Crippen LogP contribution >= 0.6 is 35.0 Å². The molecule has 2 aromatic carbocycles. The summed E-state index contributed by atoms with van der Waals surface area (Å²) in [6, 6.07) is 10.3. The van der Waals surface area contributed by atoms with E-state index in [1.54, 1.807) is 55.0 Å². The van der Waals surface area contributed by atoms with Crippen LogP contribution in [0.5, 0.6) is 0 Å². The molecule has 0 bridgehead atoms. The van der Waals surface area contributed by atoms with Gasteiger partial charge in [-0.3, -0.25) is 14.2 Å². The van der Waals surface area contributed by atoms with Crippen LogP contribution in [0.2, 0.25) is 10.0 Å². The topological polar surface area (TPSA) is 73.2 Å². The smallest absolute Gasteiger partial charge is 0.262 e. The predicted molar refractivity (Wildman–Crippen MR) is 128 cm³/mol. The molecule has 0 unspecified atom stereocenters. The molecular formula is C22H23Cl2N3O3S. The minimum Gasteiger partial charge on any atom is -0.385 e. The van der Waals surface area contributed by atoms with E-state index in [9.17, 15) is 9.59 Å². The van der Waals surface area contributed by atoms with Crippen LogP contribution in [0, 0.1) is 6.92 Å². The summed E-state index contributed by atoms with van der Waals surface area (Å²) in [5.41, 5.74) is 1.78. The zero-order valence-electron chi connectivity index (χ0n) is 17.4. The lowest BCUT2D eigenvalue weighted by Crippen LogP contribution is -2.27. The number of carbonyl (C=O) groups is 1. The summed E-state index contributed by atoms with van der Waals surface area (Å²) in [5, 5.41) is 4.42. The van der Waals surface area contributed by atoms with Gasteiger partial charge < -0.3 is 10.1 Å². The number of aromatic nitrogens is 2. The third kappa shape index (κ3) is 5.60. The number of benzene rings is 2. The van der Waals surface area contributed by atoms with E-state index in [2.05, 4.69) is 10.3 Å². The number of hydrogen-bond acceptors (Lipinski definition) is 5. The number of nitrogens with zero attached hydrogens (tertiary/aromatic N) is 2. The van der Waals surface area contributed by atoms with Crippen LogP contribution < -0.4 is 10.9 Å². The lowest BCUT2D eigenvalue weighted by Gasteiger charge is -2.17. The quantitative estimate of drug-likeness (QED) is 0.274. The molecule has 0 saturated carbocycles. The van der Waals surface area contributed by atoms with Gasteiger partial charge in [0, 0.05) is 36.0 Å². The number of amides is 1. The van der Waals surface area contributed by atoms with E-state index in [1.165, 1.54) is 11.8 Å². The van der Waals surface area contributed by atoms with E-state index >= 15 is 0 Å². The van der Waals surface area contributed by atoms with Crippen LogP contribution in [0.1, 0.15) is 18.9 Å². The Hall–Kier alpha value is -2.06. The third-order valence-corrected chi connectivity index (χ3v) is 6.52. The molecule has 0 aliphatic heterocycles. The summed E-state index contributed by atoms with van der Waals surface area (Å²) in [7, 11) is 1.61. The Morgan fingerprint density at radius 2 is 2.06 bits per heavy atom. The summed E-state index contributed by atoms with van der Waals surface area (Å²) in [6.07, 6.45) is 0.646. The standard InChI is InChI=1S/C22H23Cl2N3O3S/c1-13-17(24)6-4-7-18(13)25-20(28)14(2)31-22-26-19-12-15(23)8-9-16(19)21(29)27(22)10-5-11-30-3/h4,6-9,12,14H,5,10-11H2,1-3H3,(H,25,28)/t14-/m0/s1. The van der Waals surface area contributed by atoms with Crippen LogP contribution in [0.4, 0.5) is 5.69 Å².